The van der Waals surface area contributed by atoms with Gasteiger partial charge in [-0.25, -0.2) is 4.79 Å². The summed E-state index contributed by atoms with van der Waals surface area (Å²) in [6.07, 6.45) is 2.16. The first kappa shape index (κ1) is 21.7. The fourth-order valence-corrected chi connectivity index (χ4v) is 3.72. The average Bonchev–Trinajstić information content (AvgIpc) is 2.74. The lowest BCUT2D eigenvalue weighted by Gasteiger charge is -2.19. The second-order valence-corrected chi connectivity index (χ2v) is 7.49. The Bertz CT molecular complexity index is 1100. The van der Waals surface area contributed by atoms with E-state index in [4.69, 9.17) is 13.9 Å². The number of methoxy groups -OCH3 is 2. The van der Waals surface area contributed by atoms with Crippen molar-refractivity contribution < 1.29 is 19.0 Å². The van der Waals surface area contributed by atoms with Crippen molar-refractivity contribution in [3.05, 3.63) is 51.9 Å². The third-order valence-electron chi connectivity index (χ3n) is 5.41. The van der Waals surface area contributed by atoms with Crippen LogP contribution in [0.2, 0.25) is 0 Å². The number of aryl methyl sites for hydroxylation is 1. The van der Waals surface area contributed by atoms with Gasteiger partial charge in [0, 0.05) is 11.9 Å². The smallest absolute Gasteiger partial charge is 0.344 e. The van der Waals surface area contributed by atoms with Crippen LogP contribution < -0.4 is 15.1 Å². The summed E-state index contributed by atoms with van der Waals surface area (Å²) >= 11 is 0. The molecule has 0 amide bonds. The SMILES string of the molecule is CCCCN(C)Cc1c(O)ccc2c(C)c(-c3ccc(OC)c(OC)c3)c(=O)oc12. The quantitative estimate of drug-likeness (QED) is 0.541. The molecule has 0 spiro atoms. The largest absolute Gasteiger partial charge is 0.507 e. The Balaban J connectivity index is 2.15. The molecule has 6 heteroatoms. The van der Waals surface area contributed by atoms with Crippen LogP contribution in [0, 0.1) is 6.92 Å². The van der Waals surface area contributed by atoms with Gasteiger partial charge in [-0.1, -0.05) is 19.4 Å². The van der Waals surface area contributed by atoms with E-state index in [1.165, 1.54) is 0 Å². The van der Waals surface area contributed by atoms with Crippen LogP contribution in [-0.4, -0.2) is 37.8 Å². The maximum Gasteiger partial charge on any atom is 0.344 e. The first-order chi connectivity index (χ1) is 14.4. The molecule has 0 unspecified atom stereocenters. The minimum atomic E-state index is -0.449. The van der Waals surface area contributed by atoms with Crippen LogP contribution in [0.25, 0.3) is 22.1 Å². The number of unbranched alkanes of at least 4 members (excludes halogenated alkanes) is 1. The predicted molar refractivity (Wildman–Crippen MR) is 119 cm³/mol. The lowest BCUT2D eigenvalue weighted by atomic mass is 9.97. The molecule has 30 heavy (non-hydrogen) atoms. The fraction of sp³-hybridized carbons (Fsp3) is 0.375. The van der Waals surface area contributed by atoms with E-state index in [-0.39, 0.29) is 5.75 Å². The van der Waals surface area contributed by atoms with Gasteiger partial charge in [0.1, 0.15) is 11.3 Å². The molecule has 0 aliphatic heterocycles. The number of nitrogens with zero attached hydrogens (tertiary/aromatic N) is 1. The Labute approximate surface area is 176 Å². The van der Waals surface area contributed by atoms with Crippen LogP contribution >= 0.6 is 0 Å². The van der Waals surface area contributed by atoms with E-state index in [0.717, 1.165) is 30.3 Å². The highest BCUT2D eigenvalue weighted by Crippen LogP contribution is 2.36. The van der Waals surface area contributed by atoms with E-state index in [0.29, 0.717) is 40.3 Å². The highest BCUT2D eigenvalue weighted by Gasteiger charge is 2.19. The summed E-state index contributed by atoms with van der Waals surface area (Å²) in [6.45, 7) is 5.44. The predicted octanol–water partition coefficient (Wildman–Crippen LogP) is 4.72. The van der Waals surface area contributed by atoms with Gasteiger partial charge in [0.15, 0.2) is 11.5 Å². The van der Waals surface area contributed by atoms with E-state index >= 15 is 0 Å². The Morgan fingerprint density at radius 3 is 2.50 bits per heavy atom. The van der Waals surface area contributed by atoms with Crippen molar-refractivity contribution in [1.82, 2.24) is 4.90 Å². The van der Waals surface area contributed by atoms with Crippen molar-refractivity contribution in [3.63, 3.8) is 0 Å². The second kappa shape index (κ2) is 9.22. The van der Waals surface area contributed by atoms with Gasteiger partial charge in [0.25, 0.3) is 0 Å². The number of aromatic hydroxyl groups is 1. The maximum absolute atomic E-state index is 13.0. The summed E-state index contributed by atoms with van der Waals surface area (Å²) < 4.78 is 16.4. The standard InChI is InChI=1S/C24H29NO5/c1-6-7-12-25(3)14-18-19(26)10-9-17-15(2)22(24(27)30-23(17)18)16-8-11-20(28-4)21(13-16)29-5/h8-11,13,26H,6-7,12,14H2,1-5H3. The van der Waals surface area contributed by atoms with E-state index in [1.54, 1.807) is 38.5 Å². The Morgan fingerprint density at radius 2 is 1.83 bits per heavy atom. The van der Waals surface area contributed by atoms with Crippen LogP contribution in [0.1, 0.15) is 30.9 Å². The lowest BCUT2D eigenvalue weighted by molar-refractivity contribution is 0.314. The minimum Gasteiger partial charge on any atom is -0.507 e. The molecular formula is C24H29NO5. The van der Waals surface area contributed by atoms with Gasteiger partial charge in [-0.3, -0.25) is 0 Å². The van der Waals surface area contributed by atoms with Gasteiger partial charge in [-0.2, -0.15) is 0 Å². The van der Waals surface area contributed by atoms with Crippen molar-refractivity contribution in [2.75, 3.05) is 27.8 Å². The molecule has 0 saturated heterocycles. The molecule has 1 aromatic heterocycles. The summed E-state index contributed by atoms with van der Waals surface area (Å²) in [4.78, 5) is 15.1. The van der Waals surface area contributed by atoms with Crippen LogP contribution in [0.3, 0.4) is 0 Å². The maximum atomic E-state index is 13.0. The molecular weight excluding hydrogens is 382 g/mol. The Hall–Kier alpha value is -2.99. The number of phenols is 1. The number of rotatable bonds is 8. The molecule has 2 aromatic carbocycles. The first-order valence-electron chi connectivity index (χ1n) is 10.1. The zero-order valence-corrected chi connectivity index (χ0v) is 18.2. The summed E-state index contributed by atoms with van der Waals surface area (Å²) in [6, 6.07) is 8.80. The molecule has 0 saturated carbocycles. The zero-order valence-electron chi connectivity index (χ0n) is 18.2. The van der Waals surface area contributed by atoms with Crippen molar-refractivity contribution in [3.8, 4) is 28.4 Å². The van der Waals surface area contributed by atoms with Crippen molar-refractivity contribution in [2.45, 2.75) is 33.2 Å². The molecule has 6 nitrogen and oxygen atoms in total. The summed E-state index contributed by atoms with van der Waals surface area (Å²) in [5.74, 6) is 1.26. The monoisotopic (exact) mass is 411 g/mol. The van der Waals surface area contributed by atoms with Crippen molar-refractivity contribution in [1.29, 1.82) is 0 Å². The molecule has 1 heterocycles. The topological polar surface area (TPSA) is 72.1 Å². The van der Waals surface area contributed by atoms with Crippen molar-refractivity contribution >= 4 is 11.0 Å². The molecule has 0 atom stereocenters. The third kappa shape index (κ3) is 4.14. The minimum absolute atomic E-state index is 0.132. The molecule has 3 aromatic rings. The van der Waals surface area contributed by atoms with Crippen LogP contribution in [0.4, 0.5) is 0 Å². The van der Waals surface area contributed by atoms with Crippen molar-refractivity contribution in [2.24, 2.45) is 0 Å². The van der Waals surface area contributed by atoms with Gasteiger partial charge in [-0.15, -0.1) is 0 Å². The first-order valence-corrected chi connectivity index (χ1v) is 10.1. The number of hydrogen-bond donors (Lipinski definition) is 1. The van der Waals surface area contributed by atoms with Gasteiger partial charge >= 0.3 is 5.63 Å². The normalized spacial score (nSPS) is 11.3. The van der Waals surface area contributed by atoms with E-state index < -0.39 is 5.63 Å². The van der Waals surface area contributed by atoms with E-state index in [2.05, 4.69) is 11.8 Å². The Morgan fingerprint density at radius 1 is 1.10 bits per heavy atom. The second-order valence-electron chi connectivity index (χ2n) is 7.49. The van der Waals surface area contributed by atoms with Gasteiger partial charge < -0.3 is 23.9 Å². The van der Waals surface area contributed by atoms with Gasteiger partial charge in [-0.05, 0) is 62.3 Å². The molecule has 0 bridgehead atoms. The zero-order chi connectivity index (χ0) is 21.8. The summed E-state index contributed by atoms with van der Waals surface area (Å²) in [7, 11) is 5.12. The molecule has 3 rings (SSSR count). The molecule has 0 aliphatic rings. The molecule has 160 valence electrons. The summed E-state index contributed by atoms with van der Waals surface area (Å²) in [5, 5.41) is 11.3. The summed E-state index contributed by atoms with van der Waals surface area (Å²) in [5.41, 5.74) is 2.58. The lowest BCUT2D eigenvalue weighted by Crippen LogP contribution is -2.19. The average molecular weight is 411 g/mol. The highest BCUT2D eigenvalue weighted by atomic mass is 16.5. The van der Waals surface area contributed by atoms with Crippen LogP contribution in [-0.2, 0) is 6.54 Å². The van der Waals surface area contributed by atoms with Crippen LogP contribution in [0.15, 0.2) is 39.5 Å². The Kier molecular flexibility index (Phi) is 6.67. The van der Waals surface area contributed by atoms with Gasteiger partial charge in [0.05, 0.1) is 25.3 Å². The number of benzene rings is 2. The fourth-order valence-electron chi connectivity index (χ4n) is 3.72. The number of ether oxygens (including phenoxy) is 2. The van der Waals surface area contributed by atoms with E-state index in [1.807, 2.05) is 20.0 Å². The molecule has 0 fully saturated rings. The third-order valence-corrected chi connectivity index (χ3v) is 5.41. The molecule has 0 radical (unpaired) electrons. The van der Waals surface area contributed by atoms with E-state index in [9.17, 15) is 9.90 Å². The van der Waals surface area contributed by atoms with Gasteiger partial charge in [0.2, 0.25) is 0 Å². The molecule has 1 N–H and O–H groups in total. The molecule has 0 aliphatic carbocycles. The number of hydrogen-bond acceptors (Lipinski definition) is 6. The highest BCUT2D eigenvalue weighted by molar-refractivity contribution is 5.90. The number of fused-ring (bicyclic) bond motifs is 1. The number of phenolic OH excluding ortho intramolecular Hbond substituents is 1. The van der Waals surface area contributed by atoms with Crippen LogP contribution in [0.5, 0.6) is 17.2 Å².